The molecule has 1 amide bonds. The van der Waals surface area contributed by atoms with Crippen molar-refractivity contribution in [2.75, 3.05) is 18.0 Å². The van der Waals surface area contributed by atoms with E-state index in [2.05, 4.69) is 41.4 Å². The van der Waals surface area contributed by atoms with Gasteiger partial charge in [0, 0.05) is 24.2 Å². The number of rotatable bonds is 4. The maximum Gasteiger partial charge on any atom is 0.287 e. The summed E-state index contributed by atoms with van der Waals surface area (Å²) >= 11 is 0. The third-order valence-electron chi connectivity index (χ3n) is 5.54. The van der Waals surface area contributed by atoms with Gasteiger partial charge >= 0.3 is 0 Å². The van der Waals surface area contributed by atoms with E-state index >= 15 is 0 Å². The second kappa shape index (κ2) is 7.47. The number of fused-ring (bicyclic) bond motifs is 1. The molecule has 0 aliphatic carbocycles. The van der Waals surface area contributed by atoms with Crippen molar-refractivity contribution in [1.29, 1.82) is 0 Å². The number of benzene rings is 2. The average molecular weight is 362 g/mol. The number of nitrogens with one attached hydrogen (secondary N) is 1. The summed E-state index contributed by atoms with van der Waals surface area (Å²) < 4.78 is 5.65. The fourth-order valence-electron chi connectivity index (χ4n) is 3.69. The molecule has 1 aromatic heterocycles. The zero-order chi connectivity index (χ0) is 18.8. The predicted molar refractivity (Wildman–Crippen MR) is 109 cm³/mol. The van der Waals surface area contributed by atoms with Crippen molar-refractivity contribution in [3.8, 4) is 0 Å². The predicted octanol–water partition coefficient (Wildman–Crippen LogP) is 5.16. The molecular weight excluding hydrogens is 336 g/mol. The van der Waals surface area contributed by atoms with Crippen molar-refractivity contribution >= 4 is 22.6 Å². The number of piperidine rings is 1. The van der Waals surface area contributed by atoms with Crippen LogP contribution in [0, 0.1) is 5.92 Å². The largest absolute Gasteiger partial charge is 0.451 e. The van der Waals surface area contributed by atoms with Crippen LogP contribution in [0.5, 0.6) is 0 Å². The lowest BCUT2D eigenvalue weighted by Gasteiger charge is -2.32. The highest BCUT2D eigenvalue weighted by atomic mass is 16.3. The smallest absolute Gasteiger partial charge is 0.287 e. The molecule has 2 heterocycles. The van der Waals surface area contributed by atoms with Gasteiger partial charge in [-0.1, -0.05) is 37.3 Å². The molecule has 1 aliphatic heterocycles. The summed E-state index contributed by atoms with van der Waals surface area (Å²) in [4.78, 5) is 15.0. The molecule has 4 heteroatoms. The van der Waals surface area contributed by atoms with Crippen molar-refractivity contribution < 1.29 is 9.21 Å². The SMILES string of the molecule is CC1CCN(c2ccc([C@H](C)NC(=O)c3cc4ccccc4o3)cc2)CC1. The van der Waals surface area contributed by atoms with Crippen LogP contribution in [0.2, 0.25) is 0 Å². The molecule has 0 bridgehead atoms. The van der Waals surface area contributed by atoms with Crippen LogP contribution < -0.4 is 10.2 Å². The maximum absolute atomic E-state index is 12.5. The molecule has 140 valence electrons. The Morgan fingerprint density at radius 1 is 1.11 bits per heavy atom. The third kappa shape index (κ3) is 3.85. The van der Waals surface area contributed by atoms with Gasteiger partial charge < -0.3 is 14.6 Å². The van der Waals surface area contributed by atoms with E-state index in [9.17, 15) is 4.79 Å². The molecule has 1 fully saturated rings. The van der Waals surface area contributed by atoms with Crippen LogP contribution in [0.25, 0.3) is 11.0 Å². The molecule has 1 saturated heterocycles. The highest BCUT2D eigenvalue weighted by molar-refractivity contribution is 5.96. The number of carbonyl (C=O) groups is 1. The van der Waals surface area contributed by atoms with Gasteiger partial charge in [-0.2, -0.15) is 0 Å². The van der Waals surface area contributed by atoms with Gasteiger partial charge in [-0.25, -0.2) is 0 Å². The number of carbonyl (C=O) groups excluding carboxylic acids is 1. The molecule has 0 saturated carbocycles. The van der Waals surface area contributed by atoms with Gasteiger partial charge in [-0.3, -0.25) is 4.79 Å². The van der Waals surface area contributed by atoms with Gasteiger partial charge in [0.1, 0.15) is 5.58 Å². The van der Waals surface area contributed by atoms with E-state index in [1.54, 1.807) is 6.07 Å². The average Bonchev–Trinajstić information content (AvgIpc) is 3.13. The van der Waals surface area contributed by atoms with Crippen LogP contribution >= 0.6 is 0 Å². The summed E-state index contributed by atoms with van der Waals surface area (Å²) in [7, 11) is 0. The normalized spacial score (nSPS) is 16.4. The number of anilines is 1. The van der Waals surface area contributed by atoms with E-state index in [4.69, 9.17) is 4.42 Å². The summed E-state index contributed by atoms with van der Waals surface area (Å²) in [6.45, 7) is 6.57. The van der Waals surface area contributed by atoms with Gasteiger partial charge in [-0.15, -0.1) is 0 Å². The summed E-state index contributed by atoms with van der Waals surface area (Å²) in [5.41, 5.74) is 3.09. The zero-order valence-electron chi connectivity index (χ0n) is 15.9. The Balaban J connectivity index is 1.41. The lowest BCUT2D eigenvalue weighted by Crippen LogP contribution is -2.32. The third-order valence-corrected chi connectivity index (χ3v) is 5.54. The second-order valence-corrected chi connectivity index (χ2v) is 7.60. The lowest BCUT2D eigenvalue weighted by molar-refractivity contribution is 0.0914. The maximum atomic E-state index is 12.5. The second-order valence-electron chi connectivity index (χ2n) is 7.60. The van der Waals surface area contributed by atoms with Crippen LogP contribution in [0.15, 0.2) is 59.0 Å². The minimum atomic E-state index is -0.187. The topological polar surface area (TPSA) is 45.5 Å². The molecule has 4 rings (SSSR count). The first-order valence-electron chi connectivity index (χ1n) is 9.74. The van der Waals surface area contributed by atoms with Gasteiger partial charge in [0.25, 0.3) is 5.91 Å². The van der Waals surface area contributed by atoms with Gasteiger partial charge in [-0.05, 0) is 55.5 Å². The Kier molecular flexibility index (Phi) is 4.88. The molecule has 27 heavy (non-hydrogen) atoms. The van der Waals surface area contributed by atoms with Gasteiger partial charge in [0.2, 0.25) is 0 Å². The number of para-hydroxylation sites is 1. The monoisotopic (exact) mass is 362 g/mol. The molecule has 3 aromatic rings. The summed E-state index contributed by atoms with van der Waals surface area (Å²) in [5, 5.41) is 3.97. The number of amides is 1. The van der Waals surface area contributed by atoms with E-state index in [1.807, 2.05) is 31.2 Å². The van der Waals surface area contributed by atoms with Crippen molar-refractivity contribution in [2.24, 2.45) is 5.92 Å². The molecular formula is C23H26N2O2. The highest BCUT2D eigenvalue weighted by Crippen LogP contribution is 2.25. The summed E-state index contributed by atoms with van der Waals surface area (Å²) in [6, 6.07) is 17.9. The van der Waals surface area contributed by atoms with Crippen LogP contribution in [-0.2, 0) is 0 Å². The molecule has 0 spiro atoms. The summed E-state index contributed by atoms with van der Waals surface area (Å²) in [5.74, 6) is 0.990. The van der Waals surface area contributed by atoms with Gasteiger partial charge in [0.15, 0.2) is 5.76 Å². The molecule has 1 aliphatic rings. The van der Waals surface area contributed by atoms with E-state index < -0.39 is 0 Å². The van der Waals surface area contributed by atoms with E-state index in [0.717, 1.165) is 35.5 Å². The Bertz CT molecular complexity index is 888. The molecule has 1 N–H and O–H groups in total. The van der Waals surface area contributed by atoms with Crippen molar-refractivity contribution in [3.63, 3.8) is 0 Å². The quantitative estimate of drug-likeness (QED) is 0.697. The van der Waals surface area contributed by atoms with Crippen molar-refractivity contribution in [1.82, 2.24) is 5.32 Å². The van der Waals surface area contributed by atoms with Crippen LogP contribution in [0.1, 0.15) is 48.8 Å². The summed E-state index contributed by atoms with van der Waals surface area (Å²) in [6.07, 6.45) is 2.51. The van der Waals surface area contributed by atoms with Crippen LogP contribution in [0.3, 0.4) is 0 Å². The Morgan fingerprint density at radius 3 is 2.52 bits per heavy atom. The van der Waals surface area contributed by atoms with Gasteiger partial charge in [0.05, 0.1) is 6.04 Å². The highest BCUT2D eigenvalue weighted by Gasteiger charge is 2.18. The first-order valence-corrected chi connectivity index (χ1v) is 9.74. The Morgan fingerprint density at radius 2 is 1.81 bits per heavy atom. The molecule has 1 atom stereocenters. The van der Waals surface area contributed by atoms with Crippen molar-refractivity contribution in [2.45, 2.75) is 32.7 Å². The Hall–Kier alpha value is -2.75. The van der Waals surface area contributed by atoms with E-state index in [-0.39, 0.29) is 11.9 Å². The molecule has 0 unspecified atom stereocenters. The standard InChI is InChI=1S/C23H26N2O2/c1-16-11-13-25(14-12-16)20-9-7-18(8-10-20)17(2)24-23(26)22-15-19-5-3-4-6-21(19)27-22/h3-10,15-17H,11-14H2,1-2H3,(H,24,26)/t17-/m0/s1. The van der Waals surface area contributed by atoms with Crippen molar-refractivity contribution in [3.05, 3.63) is 65.9 Å². The molecule has 4 nitrogen and oxygen atoms in total. The van der Waals surface area contributed by atoms with E-state index in [0.29, 0.717) is 5.76 Å². The molecule has 0 radical (unpaired) electrons. The van der Waals surface area contributed by atoms with Crippen LogP contribution in [0.4, 0.5) is 5.69 Å². The van der Waals surface area contributed by atoms with Crippen LogP contribution in [-0.4, -0.2) is 19.0 Å². The van der Waals surface area contributed by atoms with E-state index in [1.165, 1.54) is 18.5 Å². The first kappa shape index (κ1) is 17.7. The number of nitrogens with zero attached hydrogens (tertiary/aromatic N) is 1. The minimum absolute atomic E-state index is 0.0823. The number of hydrogen-bond donors (Lipinski definition) is 1. The fraction of sp³-hybridized carbons (Fsp3) is 0.348. The fourth-order valence-corrected chi connectivity index (χ4v) is 3.69. The Labute approximate surface area is 160 Å². The lowest BCUT2D eigenvalue weighted by atomic mass is 9.98. The number of furan rings is 1. The zero-order valence-corrected chi connectivity index (χ0v) is 15.9. The number of hydrogen-bond acceptors (Lipinski definition) is 3. The minimum Gasteiger partial charge on any atom is -0.451 e. The molecule has 2 aromatic carbocycles. The first-order chi connectivity index (χ1) is 13.1.